The van der Waals surface area contributed by atoms with E-state index < -0.39 is 5.41 Å². The summed E-state index contributed by atoms with van der Waals surface area (Å²) in [6, 6.07) is 62.0. The van der Waals surface area contributed by atoms with Crippen LogP contribution in [0.15, 0.2) is 168 Å². The third kappa shape index (κ3) is 4.40. The van der Waals surface area contributed by atoms with Crippen molar-refractivity contribution in [3.8, 4) is 11.1 Å². The van der Waals surface area contributed by atoms with Crippen molar-refractivity contribution in [3.63, 3.8) is 0 Å². The van der Waals surface area contributed by atoms with E-state index >= 15 is 0 Å². The second-order valence-corrected chi connectivity index (χ2v) is 19.7. The molecule has 0 radical (unpaired) electrons. The first kappa shape index (κ1) is 35.0. The summed E-state index contributed by atoms with van der Waals surface area (Å²) >= 11 is 0. The van der Waals surface area contributed by atoms with Gasteiger partial charge in [0.1, 0.15) is 11.2 Å². The fourth-order valence-corrected chi connectivity index (χ4v) is 11.6. The van der Waals surface area contributed by atoms with Gasteiger partial charge in [0, 0.05) is 55.6 Å². The van der Waals surface area contributed by atoms with Crippen molar-refractivity contribution in [2.75, 3.05) is 4.90 Å². The Morgan fingerprint density at radius 1 is 0.525 bits per heavy atom. The summed E-state index contributed by atoms with van der Waals surface area (Å²) in [6.45, 7) is 13.9. The lowest BCUT2D eigenvalue weighted by Crippen LogP contribution is -2.58. The molecule has 0 N–H and O–H groups in total. The molecule has 3 nitrogen and oxygen atoms in total. The smallest absolute Gasteiger partial charge is 0.333 e. The van der Waals surface area contributed by atoms with Crippen LogP contribution in [0.3, 0.4) is 0 Å². The first-order valence-electron chi connectivity index (χ1n) is 21.8. The highest BCUT2D eigenvalue weighted by Gasteiger charge is 2.52. The predicted molar refractivity (Wildman–Crippen MR) is 257 cm³/mol. The van der Waals surface area contributed by atoms with E-state index in [0.717, 1.165) is 16.6 Å². The minimum atomic E-state index is -0.575. The lowest BCUT2D eigenvalue weighted by atomic mass is 9.43. The molecule has 3 aliphatic rings. The molecule has 3 aliphatic heterocycles. The van der Waals surface area contributed by atoms with Gasteiger partial charge in [-0.2, -0.15) is 0 Å². The molecule has 5 heterocycles. The highest BCUT2D eigenvalue weighted by atomic mass is 16.3. The second-order valence-electron chi connectivity index (χ2n) is 19.7. The molecule has 4 heteroatoms. The third-order valence-electron chi connectivity index (χ3n) is 14.3. The van der Waals surface area contributed by atoms with E-state index in [-0.39, 0.29) is 17.7 Å². The van der Waals surface area contributed by atoms with Crippen LogP contribution in [0.2, 0.25) is 0 Å². The number of aromatic nitrogens is 1. The largest absolute Gasteiger partial charge is 0.456 e. The molecule has 0 saturated carbocycles. The summed E-state index contributed by atoms with van der Waals surface area (Å²) in [4.78, 5) is 2.60. The SMILES string of the molecule is CC(C)(C)c1ccc2c(c1)c1cc(C(C)(C)C)cc3c1n2B1c2cccc4c2N(c2ccccc2C4(c2ccccc2)c2ccccc2)c2cc4oc5ccccc5c4c-3c21. The van der Waals surface area contributed by atoms with Crippen LogP contribution >= 0.6 is 0 Å². The maximum absolute atomic E-state index is 6.98. The Morgan fingerprint density at radius 3 is 1.92 bits per heavy atom. The second kappa shape index (κ2) is 11.7. The number of benzene rings is 8. The summed E-state index contributed by atoms with van der Waals surface area (Å²) in [5.41, 5.74) is 20.4. The Bertz CT molecular complexity index is 3470. The molecule has 0 aliphatic carbocycles. The Labute approximate surface area is 357 Å². The lowest BCUT2D eigenvalue weighted by molar-refractivity contribution is 0.590. The van der Waals surface area contributed by atoms with Gasteiger partial charge in [-0.3, -0.25) is 0 Å². The van der Waals surface area contributed by atoms with Crippen LogP contribution in [0.25, 0.3) is 54.9 Å². The average molecular weight is 785 g/mol. The zero-order chi connectivity index (χ0) is 41.2. The standard InChI is InChI=1S/C57H45BN2O/c1-55(2,3)36-28-29-45-39(30-36)40-31-37(56(4,5)6)32-41-51-50-38-22-13-16-27-48(38)61-49(50)33-47-52(51)58(60(45)53(40)41)44-25-17-24-43-54(44)59(47)46-26-15-14-23-42(46)57(43,34-18-9-7-10-19-34)35-20-11-8-12-21-35/h7-33H,1-6H3. The van der Waals surface area contributed by atoms with Gasteiger partial charge in [-0.15, -0.1) is 0 Å². The Morgan fingerprint density at radius 2 is 1.18 bits per heavy atom. The topological polar surface area (TPSA) is 21.3 Å². The van der Waals surface area contributed by atoms with Crippen molar-refractivity contribution >= 4 is 78.6 Å². The summed E-state index contributed by atoms with van der Waals surface area (Å²) in [7, 11) is 0. The number of rotatable bonds is 2. The Kier molecular flexibility index (Phi) is 6.74. The number of fused-ring (bicyclic) bond motifs is 13. The highest BCUT2D eigenvalue weighted by molar-refractivity contribution is 6.90. The first-order valence-corrected chi connectivity index (χ1v) is 21.8. The molecule has 292 valence electrons. The highest BCUT2D eigenvalue weighted by Crippen LogP contribution is 2.59. The van der Waals surface area contributed by atoms with E-state index in [9.17, 15) is 0 Å². The van der Waals surface area contributed by atoms with Crippen LogP contribution < -0.4 is 15.8 Å². The molecule has 0 amide bonds. The first-order chi connectivity index (χ1) is 29.5. The van der Waals surface area contributed by atoms with E-state index in [1.807, 2.05) is 0 Å². The quantitative estimate of drug-likeness (QED) is 0.163. The van der Waals surface area contributed by atoms with Gasteiger partial charge < -0.3 is 13.8 Å². The van der Waals surface area contributed by atoms with Crippen LogP contribution in [0.5, 0.6) is 0 Å². The van der Waals surface area contributed by atoms with E-state index in [4.69, 9.17) is 4.42 Å². The van der Waals surface area contributed by atoms with Crippen molar-refractivity contribution in [2.24, 2.45) is 0 Å². The fraction of sp³-hybridized carbons (Fsp3) is 0.158. The molecule has 10 aromatic rings. The molecule has 0 bridgehead atoms. The molecule has 2 aromatic heterocycles. The van der Waals surface area contributed by atoms with Gasteiger partial charge in [0.25, 0.3) is 0 Å². The summed E-state index contributed by atoms with van der Waals surface area (Å²) < 4.78 is 9.70. The van der Waals surface area contributed by atoms with Gasteiger partial charge in [0.05, 0.1) is 11.1 Å². The average Bonchev–Trinajstić information content (AvgIpc) is 3.81. The van der Waals surface area contributed by atoms with Crippen LogP contribution in [0, 0.1) is 0 Å². The van der Waals surface area contributed by atoms with Crippen molar-refractivity contribution < 1.29 is 4.42 Å². The maximum atomic E-state index is 6.98. The Hall–Kier alpha value is -6.78. The van der Waals surface area contributed by atoms with Crippen LogP contribution in [0.4, 0.5) is 17.1 Å². The predicted octanol–water partition coefficient (Wildman–Crippen LogP) is 13.4. The molecule has 0 spiro atoms. The normalized spacial score (nSPS) is 14.8. The molecule has 13 rings (SSSR count). The van der Waals surface area contributed by atoms with E-state index in [0.29, 0.717) is 0 Å². The monoisotopic (exact) mass is 784 g/mol. The molecule has 0 unspecified atom stereocenters. The number of hydrogen-bond acceptors (Lipinski definition) is 2. The van der Waals surface area contributed by atoms with Gasteiger partial charge in [-0.05, 0) is 97.1 Å². The Balaban J connectivity index is 1.27. The van der Waals surface area contributed by atoms with Crippen molar-refractivity contribution in [1.82, 2.24) is 4.48 Å². The molecular formula is C57H45BN2O. The summed E-state index contributed by atoms with van der Waals surface area (Å²) in [5.74, 6) is 0. The van der Waals surface area contributed by atoms with Crippen LogP contribution in [-0.4, -0.2) is 11.3 Å². The zero-order valence-electron chi connectivity index (χ0n) is 35.5. The van der Waals surface area contributed by atoms with E-state index in [2.05, 4.69) is 215 Å². The van der Waals surface area contributed by atoms with E-state index in [1.165, 1.54) is 99.7 Å². The van der Waals surface area contributed by atoms with Gasteiger partial charge in [0.2, 0.25) is 0 Å². The maximum Gasteiger partial charge on any atom is 0.333 e. The van der Waals surface area contributed by atoms with Gasteiger partial charge in [-0.1, -0.05) is 163 Å². The minimum absolute atomic E-state index is 0.000701. The van der Waals surface area contributed by atoms with Crippen LogP contribution in [0.1, 0.15) is 74.9 Å². The van der Waals surface area contributed by atoms with Crippen LogP contribution in [-0.2, 0) is 16.2 Å². The molecule has 0 fully saturated rings. The minimum Gasteiger partial charge on any atom is -0.456 e. The number of para-hydroxylation sites is 3. The number of anilines is 3. The molecule has 61 heavy (non-hydrogen) atoms. The number of nitrogens with zero attached hydrogens (tertiary/aromatic N) is 2. The van der Waals surface area contributed by atoms with Gasteiger partial charge >= 0.3 is 6.85 Å². The number of hydrogen-bond donors (Lipinski definition) is 0. The summed E-state index contributed by atoms with van der Waals surface area (Å²) in [5, 5.41) is 5.00. The molecule has 0 saturated heterocycles. The fourth-order valence-electron chi connectivity index (χ4n) is 11.6. The third-order valence-corrected chi connectivity index (χ3v) is 14.3. The van der Waals surface area contributed by atoms with E-state index in [1.54, 1.807) is 0 Å². The summed E-state index contributed by atoms with van der Waals surface area (Å²) in [6.07, 6.45) is 0. The zero-order valence-corrected chi connectivity index (χ0v) is 35.5. The van der Waals surface area contributed by atoms with Crippen molar-refractivity contribution in [3.05, 3.63) is 197 Å². The van der Waals surface area contributed by atoms with Crippen molar-refractivity contribution in [2.45, 2.75) is 57.8 Å². The number of furan rings is 1. The molecular weight excluding hydrogens is 739 g/mol. The molecule has 0 atom stereocenters. The lowest BCUT2D eigenvalue weighted by Gasteiger charge is -2.50. The molecule has 8 aromatic carbocycles. The van der Waals surface area contributed by atoms with Crippen molar-refractivity contribution in [1.29, 1.82) is 0 Å². The van der Waals surface area contributed by atoms with Gasteiger partial charge in [0.15, 0.2) is 0 Å². The van der Waals surface area contributed by atoms with Gasteiger partial charge in [-0.25, -0.2) is 0 Å².